The highest BCUT2D eigenvalue weighted by Gasteiger charge is 2.63. The molecule has 0 heterocycles. The molecule has 1 fully saturated rings. The summed E-state index contributed by atoms with van der Waals surface area (Å²) in [7, 11) is 1.66. The van der Waals surface area contributed by atoms with E-state index in [9.17, 15) is 0 Å². The Hall–Kier alpha value is -1.53. The minimum Gasteiger partial charge on any atom is -0.496 e. The lowest BCUT2D eigenvalue weighted by atomic mass is 10.0. The smallest absolute Gasteiger partial charge is 0.123 e. The van der Waals surface area contributed by atoms with Crippen molar-refractivity contribution in [3.63, 3.8) is 0 Å². The van der Waals surface area contributed by atoms with Gasteiger partial charge in [-0.05, 0) is 41.5 Å². The monoisotopic (exact) mass is 272 g/mol. The highest BCUT2D eigenvalue weighted by Crippen LogP contribution is 2.67. The average Bonchev–Trinajstić information content (AvgIpc) is 2.80. The van der Waals surface area contributed by atoms with Crippen molar-refractivity contribution < 1.29 is 4.74 Å². The number of ether oxygens (including phenoxy) is 1. The van der Waals surface area contributed by atoms with Gasteiger partial charge in [0.05, 0.1) is 18.7 Å². The molecule has 0 radical (unpaired) electrons. The van der Waals surface area contributed by atoms with E-state index in [-0.39, 0.29) is 0 Å². The first-order valence-electron chi connectivity index (χ1n) is 7.12. The third-order valence-corrected chi connectivity index (χ3v) is 5.39. The van der Waals surface area contributed by atoms with E-state index in [0.717, 1.165) is 24.4 Å². The van der Waals surface area contributed by atoms with Gasteiger partial charge in [-0.1, -0.05) is 27.7 Å². The standard InChI is InChI=1S/C17H24N2O/c1-16(2)15(17(16,3)4)11-19-10-13-8-12(9-18)6-7-14(13)20-5/h6-8,15,19H,10-11H2,1-5H3. The van der Waals surface area contributed by atoms with Crippen molar-refractivity contribution in [2.75, 3.05) is 13.7 Å². The number of hydrogen-bond donors (Lipinski definition) is 1. The first-order chi connectivity index (χ1) is 9.34. The van der Waals surface area contributed by atoms with E-state index in [1.54, 1.807) is 13.2 Å². The number of nitriles is 1. The molecule has 1 saturated carbocycles. The van der Waals surface area contributed by atoms with Crippen LogP contribution < -0.4 is 10.1 Å². The Morgan fingerprint density at radius 3 is 2.40 bits per heavy atom. The summed E-state index contributed by atoms with van der Waals surface area (Å²) in [5, 5.41) is 12.5. The van der Waals surface area contributed by atoms with Gasteiger partial charge in [0.1, 0.15) is 5.75 Å². The van der Waals surface area contributed by atoms with Gasteiger partial charge in [0.15, 0.2) is 0 Å². The van der Waals surface area contributed by atoms with Crippen molar-refractivity contribution in [1.82, 2.24) is 5.32 Å². The van der Waals surface area contributed by atoms with Crippen LogP contribution in [0.4, 0.5) is 0 Å². The molecule has 3 heteroatoms. The summed E-state index contributed by atoms with van der Waals surface area (Å²) in [5.74, 6) is 1.53. The second-order valence-electron chi connectivity index (χ2n) is 6.77. The quantitative estimate of drug-likeness (QED) is 0.894. The predicted octanol–water partition coefficient (Wildman–Crippen LogP) is 3.34. The summed E-state index contributed by atoms with van der Waals surface area (Å²) in [6, 6.07) is 7.72. The molecule has 0 saturated heterocycles. The third kappa shape index (κ3) is 2.41. The molecule has 1 aliphatic carbocycles. The van der Waals surface area contributed by atoms with E-state index in [1.165, 1.54) is 0 Å². The average molecular weight is 272 g/mol. The molecular formula is C17H24N2O. The van der Waals surface area contributed by atoms with Crippen molar-refractivity contribution in [3.05, 3.63) is 29.3 Å². The maximum atomic E-state index is 8.98. The first kappa shape index (κ1) is 14.9. The van der Waals surface area contributed by atoms with Gasteiger partial charge in [-0.2, -0.15) is 5.26 Å². The number of methoxy groups -OCH3 is 1. The zero-order chi connectivity index (χ0) is 15.0. The van der Waals surface area contributed by atoms with Crippen molar-refractivity contribution in [3.8, 4) is 11.8 Å². The molecule has 0 aromatic heterocycles. The lowest BCUT2D eigenvalue weighted by molar-refractivity contribution is 0.406. The Kier molecular flexibility index (Phi) is 3.80. The molecule has 0 bridgehead atoms. The second kappa shape index (κ2) is 5.10. The number of nitrogens with zero attached hydrogens (tertiary/aromatic N) is 1. The van der Waals surface area contributed by atoms with E-state index in [2.05, 4.69) is 39.1 Å². The van der Waals surface area contributed by atoms with E-state index in [0.29, 0.717) is 22.3 Å². The second-order valence-corrected chi connectivity index (χ2v) is 6.77. The number of benzene rings is 1. The molecule has 1 N–H and O–H groups in total. The molecule has 1 aromatic rings. The first-order valence-corrected chi connectivity index (χ1v) is 7.12. The van der Waals surface area contributed by atoms with Crippen LogP contribution in [0.5, 0.6) is 5.75 Å². The van der Waals surface area contributed by atoms with Crippen LogP contribution in [0.1, 0.15) is 38.8 Å². The van der Waals surface area contributed by atoms with E-state index in [4.69, 9.17) is 10.00 Å². The van der Waals surface area contributed by atoms with Gasteiger partial charge in [0.2, 0.25) is 0 Å². The zero-order valence-electron chi connectivity index (χ0n) is 13.1. The van der Waals surface area contributed by atoms with Crippen molar-refractivity contribution >= 4 is 0 Å². The van der Waals surface area contributed by atoms with Crippen molar-refractivity contribution in [1.29, 1.82) is 5.26 Å². The number of rotatable bonds is 5. The maximum Gasteiger partial charge on any atom is 0.123 e. The van der Waals surface area contributed by atoms with Crippen LogP contribution in [0.3, 0.4) is 0 Å². The summed E-state index contributed by atoms with van der Waals surface area (Å²) >= 11 is 0. The molecule has 0 spiro atoms. The van der Waals surface area contributed by atoms with Crippen LogP contribution in [-0.2, 0) is 6.54 Å². The molecule has 20 heavy (non-hydrogen) atoms. The lowest BCUT2D eigenvalue weighted by Crippen LogP contribution is -2.19. The number of nitrogens with one attached hydrogen (secondary N) is 1. The van der Waals surface area contributed by atoms with Crippen LogP contribution in [0.25, 0.3) is 0 Å². The molecular weight excluding hydrogens is 248 g/mol. The van der Waals surface area contributed by atoms with Crippen LogP contribution >= 0.6 is 0 Å². The van der Waals surface area contributed by atoms with E-state index in [1.807, 2.05) is 12.1 Å². The topological polar surface area (TPSA) is 45.0 Å². The fourth-order valence-electron chi connectivity index (χ4n) is 3.18. The van der Waals surface area contributed by atoms with Crippen LogP contribution in [-0.4, -0.2) is 13.7 Å². The van der Waals surface area contributed by atoms with Crippen LogP contribution in [0.2, 0.25) is 0 Å². The van der Waals surface area contributed by atoms with Gasteiger partial charge in [-0.15, -0.1) is 0 Å². The van der Waals surface area contributed by atoms with Gasteiger partial charge in [-0.3, -0.25) is 0 Å². The zero-order valence-corrected chi connectivity index (χ0v) is 13.1. The normalized spacial score (nSPS) is 19.4. The SMILES string of the molecule is COc1ccc(C#N)cc1CNCC1C(C)(C)C1(C)C. The van der Waals surface area contributed by atoms with Crippen LogP contribution in [0.15, 0.2) is 18.2 Å². The highest BCUT2D eigenvalue weighted by molar-refractivity contribution is 5.42. The number of hydrogen-bond acceptors (Lipinski definition) is 3. The van der Waals surface area contributed by atoms with Gasteiger partial charge >= 0.3 is 0 Å². The molecule has 0 aliphatic heterocycles. The van der Waals surface area contributed by atoms with Crippen molar-refractivity contribution in [2.24, 2.45) is 16.7 Å². The van der Waals surface area contributed by atoms with Gasteiger partial charge in [-0.25, -0.2) is 0 Å². The third-order valence-electron chi connectivity index (χ3n) is 5.39. The Labute approximate surface area is 121 Å². The molecule has 0 unspecified atom stereocenters. The van der Waals surface area contributed by atoms with E-state index >= 15 is 0 Å². The summed E-state index contributed by atoms with van der Waals surface area (Å²) in [6.45, 7) is 11.1. The predicted molar refractivity (Wildman–Crippen MR) is 80.5 cm³/mol. The Morgan fingerprint density at radius 1 is 1.25 bits per heavy atom. The fourth-order valence-corrected chi connectivity index (χ4v) is 3.18. The van der Waals surface area contributed by atoms with Crippen molar-refractivity contribution in [2.45, 2.75) is 34.2 Å². The van der Waals surface area contributed by atoms with Gasteiger partial charge in [0.25, 0.3) is 0 Å². The molecule has 1 aromatic carbocycles. The summed E-state index contributed by atoms with van der Waals surface area (Å²) < 4.78 is 5.35. The Balaban J connectivity index is 1.97. The molecule has 3 nitrogen and oxygen atoms in total. The minimum absolute atomic E-state index is 0.401. The fraction of sp³-hybridized carbons (Fsp3) is 0.588. The maximum absolute atomic E-state index is 8.98. The molecule has 1 aliphatic rings. The summed E-state index contributed by atoms with van der Waals surface area (Å²) in [6.07, 6.45) is 0. The molecule has 0 amide bonds. The van der Waals surface area contributed by atoms with Gasteiger partial charge in [0, 0.05) is 12.1 Å². The molecule has 108 valence electrons. The largest absolute Gasteiger partial charge is 0.496 e. The van der Waals surface area contributed by atoms with Gasteiger partial charge < -0.3 is 10.1 Å². The summed E-state index contributed by atoms with van der Waals surface area (Å²) in [5.41, 5.74) is 2.52. The minimum atomic E-state index is 0.401. The molecule has 0 atom stereocenters. The van der Waals surface area contributed by atoms with Crippen LogP contribution in [0, 0.1) is 28.1 Å². The highest BCUT2D eigenvalue weighted by atomic mass is 16.5. The van der Waals surface area contributed by atoms with E-state index < -0.39 is 0 Å². The summed E-state index contributed by atoms with van der Waals surface area (Å²) in [4.78, 5) is 0. The molecule has 2 rings (SSSR count). The Morgan fingerprint density at radius 2 is 1.90 bits per heavy atom. The Bertz CT molecular complexity index is 526. The lowest BCUT2D eigenvalue weighted by Gasteiger charge is -2.10.